The smallest absolute Gasteiger partial charge is 0.222 e. The van der Waals surface area contributed by atoms with Crippen molar-refractivity contribution in [2.75, 3.05) is 13.1 Å². The van der Waals surface area contributed by atoms with Crippen molar-refractivity contribution in [2.45, 2.75) is 32.1 Å². The van der Waals surface area contributed by atoms with E-state index in [1.165, 1.54) is 6.42 Å². The van der Waals surface area contributed by atoms with Gasteiger partial charge < -0.3 is 4.90 Å². The number of nitrogens with zero attached hydrogens (tertiary/aromatic N) is 1. The summed E-state index contributed by atoms with van der Waals surface area (Å²) in [6.45, 7) is 1.85. The van der Waals surface area contributed by atoms with Crippen molar-refractivity contribution in [3.05, 3.63) is 33.3 Å². The highest BCUT2D eigenvalue weighted by Crippen LogP contribution is 2.23. The third kappa shape index (κ3) is 3.72. The lowest BCUT2D eigenvalue weighted by Gasteiger charge is -2.26. The second-order valence-electron chi connectivity index (χ2n) is 4.68. The zero-order valence-corrected chi connectivity index (χ0v) is 12.6. The number of likely N-dealkylation sites (tertiary alicyclic amines) is 1. The lowest BCUT2D eigenvalue weighted by atomic mass is 10.1. The topological polar surface area (TPSA) is 20.3 Å². The van der Waals surface area contributed by atoms with Gasteiger partial charge in [0.2, 0.25) is 5.91 Å². The Morgan fingerprint density at radius 3 is 2.67 bits per heavy atom. The Hall–Kier alpha value is -0.540. The van der Waals surface area contributed by atoms with Crippen LogP contribution in [0.1, 0.15) is 31.2 Å². The molecule has 98 valence electrons. The zero-order valence-electron chi connectivity index (χ0n) is 10.3. The first-order chi connectivity index (χ1) is 8.66. The quantitative estimate of drug-likeness (QED) is 0.819. The predicted octanol–water partition coefficient (Wildman–Crippen LogP) is 4.05. The van der Waals surface area contributed by atoms with Gasteiger partial charge in [0.15, 0.2) is 0 Å². The van der Waals surface area contributed by atoms with Crippen LogP contribution >= 0.6 is 27.5 Å². The largest absolute Gasteiger partial charge is 0.343 e. The van der Waals surface area contributed by atoms with Gasteiger partial charge in [-0.25, -0.2) is 0 Å². The SMILES string of the molecule is O=C(CCc1ccc(Br)cc1Cl)N1CCCCC1. The Labute approximate surface area is 121 Å². The van der Waals surface area contributed by atoms with Gasteiger partial charge in [-0.3, -0.25) is 4.79 Å². The van der Waals surface area contributed by atoms with E-state index >= 15 is 0 Å². The van der Waals surface area contributed by atoms with E-state index in [0.717, 1.165) is 47.4 Å². The number of piperidine rings is 1. The third-order valence-corrected chi connectivity index (χ3v) is 4.18. The summed E-state index contributed by atoms with van der Waals surface area (Å²) in [7, 11) is 0. The molecule has 0 unspecified atom stereocenters. The maximum absolute atomic E-state index is 12.0. The number of rotatable bonds is 3. The first-order valence-corrected chi connectivity index (χ1v) is 7.55. The van der Waals surface area contributed by atoms with Gasteiger partial charge in [0.25, 0.3) is 0 Å². The van der Waals surface area contributed by atoms with E-state index in [4.69, 9.17) is 11.6 Å². The Balaban J connectivity index is 1.88. The summed E-state index contributed by atoms with van der Waals surface area (Å²) in [5.74, 6) is 0.258. The van der Waals surface area contributed by atoms with Crippen LogP contribution in [0.4, 0.5) is 0 Å². The van der Waals surface area contributed by atoms with Crippen LogP contribution in [-0.4, -0.2) is 23.9 Å². The number of carbonyl (C=O) groups excluding carboxylic acids is 1. The maximum atomic E-state index is 12.0. The molecular weight excluding hydrogens is 314 g/mol. The zero-order chi connectivity index (χ0) is 13.0. The van der Waals surface area contributed by atoms with Crippen LogP contribution < -0.4 is 0 Å². The number of halogens is 2. The van der Waals surface area contributed by atoms with E-state index in [9.17, 15) is 4.79 Å². The number of aryl methyl sites for hydroxylation is 1. The standard InChI is InChI=1S/C14H17BrClNO/c15-12-6-4-11(13(16)10-12)5-7-14(18)17-8-2-1-3-9-17/h4,6,10H,1-3,5,7-9H2. The number of carbonyl (C=O) groups is 1. The molecule has 2 nitrogen and oxygen atoms in total. The van der Waals surface area contributed by atoms with Crippen LogP contribution in [-0.2, 0) is 11.2 Å². The van der Waals surface area contributed by atoms with Gasteiger partial charge in [0, 0.05) is 29.0 Å². The molecule has 1 heterocycles. The van der Waals surface area contributed by atoms with E-state index in [1.54, 1.807) is 0 Å². The Kier molecular flexibility index (Phi) is 5.07. The highest BCUT2D eigenvalue weighted by atomic mass is 79.9. The molecule has 4 heteroatoms. The van der Waals surface area contributed by atoms with Gasteiger partial charge in [0.1, 0.15) is 0 Å². The molecule has 1 aromatic rings. The van der Waals surface area contributed by atoms with Crippen molar-refractivity contribution in [3.8, 4) is 0 Å². The molecule has 1 aromatic carbocycles. The molecule has 0 saturated carbocycles. The van der Waals surface area contributed by atoms with E-state index in [2.05, 4.69) is 15.9 Å². The first-order valence-electron chi connectivity index (χ1n) is 6.38. The third-order valence-electron chi connectivity index (χ3n) is 3.33. The molecule has 1 aliphatic rings. The lowest BCUT2D eigenvalue weighted by Crippen LogP contribution is -2.35. The summed E-state index contributed by atoms with van der Waals surface area (Å²) in [5.41, 5.74) is 1.05. The number of amides is 1. The summed E-state index contributed by atoms with van der Waals surface area (Å²) < 4.78 is 0.971. The predicted molar refractivity (Wildman–Crippen MR) is 77.9 cm³/mol. The normalized spacial score (nSPS) is 15.8. The number of hydrogen-bond acceptors (Lipinski definition) is 1. The van der Waals surface area contributed by atoms with Crippen molar-refractivity contribution in [2.24, 2.45) is 0 Å². The highest BCUT2D eigenvalue weighted by molar-refractivity contribution is 9.10. The maximum Gasteiger partial charge on any atom is 0.222 e. The lowest BCUT2D eigenvalue weighted by molar-refractivity contribution is -0.132. The second kappa shape index (κ2) is 6.58. The fraction of sp³-hybridized carbons (Fsp3) is 0.500. The Morgan fingerprint density at radius 2 is 2.00 bits per heavy atom. The van der Waals surface area contributed by atoms with Crippen molar-refractivity contribution in [1.82, 2.24) is 4.90 Å². The summed E-state index contributed by atoms with van der Waals surface area (Å²) in [6.07, 6.45) is 4.82. The van der Waals surface area contributed by atoms with Gasteiger partial charge in [-0.05, 0) is 43.4 Å². The molecule has 0 atom stereocenters. The van der Waals surface area contributed by atoms with Crippen LogP contribution in [0.15, 0.2) is 22.7 Å². The van der Waals surface area contributed by atoms with Crippen LogP contribution in [0.5, 0.6) is 0 Å². The molecule has 1 saturated heterocycles. The van der Waals surface area contributed by atoms with Gasteiger partial charge in [-0.2, -0.15) is 0 Å². The number of hydrogen-bond donors (Lipinski definition) is 0. The van der Waals surface area contributed by atoms with Crippen molar-refractivity contribution >= 4 is 33.4 Å². The average Bonchev–Trinajstić information content (AvgIpc) is 2.38. The highest BCUT2D eigenvalue weighted by Gasteiger charge is 2.16. The second-order valence-corrected chi connectivity index (χ2v) is 6.00. The van der Waals surface area contributed by atoms with E-state index < -0.39 is 0 Å². The minimum atomic E-state index is 0.258. The molecule has 0 spiro atoms. The van der Waals surface area contributed by atoms with Gasteiger partial charge >= 0.3 is 0 Å². The van der Waals surface area contributed by atoms with E-state index in [1.807, 2.05) is 23.1 Å². The van der Waals surface area contributed by atoms with E-state index in [0.29, 0.717) is 6.42 Å². The van der Waals surface area contributed by atoms with Crippen molar-refractivity contribution in [1.29, 1.82) is 0 Å². The molecule has 18 heavy (non-hydrogen) atoms. The molecule has 0 aromatic heterocycles. The average molecular weight is 331 g/mol. The minimum Gasteiger partial charge on any atom is -0.343 e. The molecule has 0 aliphatic carbocycles. The molecule has 1 fully saturated rings. The summed E-state index contributed by atoms with van der Waals surface area (Å²) >= 11 is 9.52. The van der Waals surface area contributed by atoms with Crippen LogP contribution in [0.25, 0.3) is 0 Å². The Bertz CT molecular complexity index is 430. The number of benzene rings is 1. The molecule has 0 N–H and O–H groups in total. The fourth-order valence-corrected chi connectivity index (χ4v) is 3.04. The van der Waals surface area contributed by atoms with Crippen molar-refractivity contribution in [3.63, 3.8) is 0 Å². The van der Waals surface area contributed by atoms with E-state index in [-0.39, 0.29) is 5.91 Å². The Morgan fingerprint density at radius 1 is 1.28 bits per heavy atom. The van der Waals surface area contributed by atoms with Gasteiger partial charge in [0.05, 0.1) is 0 Å². The van der Waals surface area contributed by atoms with Crippen LogP contribution in [0, 0.1) is 0 Å². The summed E-state index contributed by atoms with van der Waals surface area (Å²) in [5, 5.41) is 0.732. The minimum absolute atomic E-state index is 0.258. The molecule has 1 aliphatic heterocycles. The van der Waals surface area contributed by atoms with Gasteiger partial charge in [-0.1, -0.05) is 33.6 Å². The summed E-state index contributed by atoms with van der Waals surface area (Å²) in [4.78, 5) is 14.0. The molecule has 0 radical (unpaired) electrons. The molecular formula is C14H17BrClNO. The summed E-state index contributed by atoms with van der Waals surface area (Å²) in [6, 6.07) is 5.82. The van der Waals surface area contributed by atoms with Crippen LogP contribution in [0.3, 0.4) is 0 Å². The van der Waals surface area contributed by atoms with Crippen LogP contribution in [0.2, 0.25) is 5.02 Å². The fourth-order valence-electron chi connectivity index (χ4n) is 2.27. The van der Waals surface area contributed by atoms with Crippen molar-refractivity contribution < 1.29 is 4.79 Å². The van der Waals surface area contributed by atoms with Gasteiger partial charge in [-0.15, -0.1) is 0 Å². The monoisotopic (exact) mass is 329 g/mol. The molecule has 1 amide bonds. The molecule has 0 bridgehead atoms. The first kappa shape index (κ1) is 13.9. The molecule has 2 rings (SSSR count).